The van der Waals surface area contributed by atoms with E-state index in [1.54, 1.807) is 16.9 Å². The van der Waals surface area contributed by atoms with Gasteiger partial charge in [0.15, 0.2) is 0 Å². The van der Waals surface area contributed by atoms with Gasteiger partial charge in [-0.15, -0.1) is 0 Å². The molecule has 1 saturated carbocycles. The zero-order valence-corrected chi connectivity index (χ0v) is 14.0. The van der Waals surface area contributed by atoms with E-state index >= 15 is 0 Å². The quantitative estimate of drug-likeness (QED) is 0.731. The first-order valence-corrected chi connectivity index (χ1v) is 8.49. The summed E-state index contributed by atoms with van der Waals surface area (Å²) < 4.78 is 3.57. The number of rotatable bonds is 5. The van der Waals surface area contributed by atoms with Crippen LogP contribution in [0.2, 0.25) is 0 Å². The fourth-order valence-corrected chi connectivity index (χ4v) is 3.49. The normalized spacial score (nSPS) is 21.0. The number of carbonyl (C=O) groups excluding carboxylic acids is 1. The maximum absolute atomic E-state index is 12.8. The predicted molar refractivity (Wildman–Crippen MR) is 92.1 cm³/mol. The number of nitrogens with zero attached hydrogens (tertiary/aromatic N) is 4. The molecule has 0 spiro atoms. The van der Waals surface area contributed by atoms with E-state index in [4.69, 9.17) is 0 Å². The Kier molecular flexibility index (Phi) is 4.01. The third-order valence-corrected chi connectivity index (χ3v) is 4.97. The highest BCUT2D eigenvalue weighted by Crippen LogP contribution is 2.31. The van der Waals surface area contributed by atoms with Crippen LogP contribution in [-0.2, 0) is 13.5 Å². The van der Waals surface area contributed by atoms with E-state index in [0.717, 1.165) is 11.3 Å². The van der Waals surface area contributed by atoms with Gasteiger partial charge >= 0.3 is 0 Å². The van der Waals surface area contributed by atoms with Crippen LogP contribution in [-0.4, -0.2) is 42.3 Å². The summed E-state index contributed by atoms with van der Waals surface area (Å²) in [6.07, 6.45) is 8.86. The van der Waals surface area contributed by atoms with Gasteiger partial charge in [0, 0.05) is 43.8 Å². The highest BCUT2D eigenvalue weighted by atomic mass is 16.3. The maximum Gasteiger partial charge on any atom is 0.256 e. The van der Waals surface area contributed by atoms with Crippen molar-refractivity contribution in [1.82, 2.24) is 24.5 Å². The van der Waals surface area contributed by atoms with Gasteiger partial charge < -0.3 is 15.0 Å². The summed E-state index contributed by atoms with van der Waals surface area (Å²) in [7, 11) is 1.89. The number of fused-ring (bicyclic) bond motifs is 1. The molecule has 1 amide bonds. The lowest BCUT2D eigenvalue weighted by Gasteiger charge is -2.38. The summed E-state index contributed by atoms with van der Waals surface area (Å²) in [5, 5.41) is 17.0. The Morgan fingerprint density at radius 3 is 2.96 bits per heavy atom. The number of hydrogen-bond acceptors (Lipinski definition) is 4. The molecule has 1 fully saturated rings. The third-order valence-electron chi connectivity index (χ3n) is 4.97. The van der Waals surface area contributed by atoms with Crippen LogP contribution < -0.4 is 5.32 Å². The van der Waals surface area contributed by atoms with E-state index in [1.807, 2.05) is 42.2 Å². The fraction of sp³-hybridized carbons (Fsp3) is 0.389. The van der Waals surface area contributed by atoms with Crippen LogP contribution in [0.4, 0.5) is 0 Å². The monoisotopic (exact) mass is 339 g/mol. The van der Waals surface area contributed by atoms with E-state index in [1.165, 1.54) is 0 Å². The number of carbonyl (C=O) groups is 1. The first kappa shape index (κ1) is 15.8. The van der Waals surface area contributed by atoms with Crippen molar-refractivity contribution in [3.05, 3.63) is 54.2 Å². The minimum Gasteiger partial charge on any atom is -0.393 e. The van der Waals surface area contributed by atoms with Gasteiger partial charge in [0.25, 0.3) is 5.91 Å². The van der Waals surface area contributed by atoms with Crippen molar-refractivity contribution >= 4 is 11.6 Å². The van der Waals surface area contributed by atoms with Gasteiger partial charge in [-0.1, -0.05) is 6.07 Å². The number of aliphatic hydroxyl groups is 1. The largest absolute Gasteiger partial charge is 0.393 e. The summed E-state index contributed by atoms with van der Waals surface area (Å²) in [4.78, 5) is 17.2. The lowest BCUT2D eigenvalue weighted by Crippen LogP contribution is -2.48. The molecule has 0 unspecified atom stereocenters. The molecule has 1 atom stereocenters. The molecule has 0 bridgehead atoms. The lowest BCUT2D eigenvalue weighted by atomic mass is 9.76. The lowest BCUT2D eigenvalue weighted by molar-refractivity contribution is 0.0238. The summed E-state index contributed by atoms with van der Waals surface area (Å²) >= 11 is 0. The average molecular weight is 339 g/mol. The van der Waals surface area contributed by atoms with Crippen LogP contribution >= 0.6 is 0 Å². The van der Waals surface area contributed by atoms with Gasteiger partial charge in [0.2, 0.25) is 0 Å². The number of pyridine rings is 1. The molecule has 3 heterocycles. The Bertz CT molecular complexity index is 879. The molecule has 3 aromatic heterocycles. The van der Waals surface area contributed by atoms with Crippen molar-refractivity contribution in [2.24, 2.45) is 13.0 Å². The number of aryl methyl sites for hydroxylation is 1. The topological polar surface area (TPSA) is 84.5 Å². The number of amides is 1. The van der Waals surface area contributed by atoms with E-state index in [0.29, 0.717) is 24.8 Å². The van der Waals surface area contributed by atoms with Gasteiger partial charge in [0.1, 0.15) is 11.2 Å². The molecule has 0 aromatic carbocycles. The molecule has 4 rings (SSSR count). The van der Waals surface area contributed by atoms with Gasteiger partial charge in [0.05, 0.1) is 12.3 Å². The van der Waals surface area contributed by atoms with Gasteiger partial charge in [-0.25, -0.2) is 4.52 Å². The second kappa shape index (κ2) is 6.33. The highest BCUT2D eigenvalue weighted by Gasteiger charge is 2.35. The van der Waals surface area contributed by atoms with Crippen LogP contribution in [0.25, 0.3) is 5.65 Å². The minimum absolute atomic E-state index is 0.0546. The van der Waals surface area contributed by atoms with Gasteiger partial charge in [-0.3, -0.25) is 9.78 Å². The van der Waals surface area contributed by atoms with E-state index < -0.39 is 0 Å². The van der Waals surface area contributed by atoms with Crippen molar-refractivity contribution in [3.63, 3.8) is 0 Å². The van der Waals surface area contributed by atoms with Gasteiger partial charge in [-0.05, 0) is 30.9 Å². The molecule has 3 aromatic rings. The minimum atomic E-state index is -0.260. The fourth-order valence-electron chi connectivity index (χ4n) is 3.49. The van der Waals surface area contributed by atoms with Crippen LogP contribution in [0, 0.1) is 5.92 Å². The van der Waals surface area contributed by atoms with Crippen molar-refractivity contribution in [2.45, 2.75) is 31.4 Å². The Morgan fingerprint density at radius 2 is 2.24 bits per heavy atom. The van der Waals surface area contributed by atoms with E-state index in [9.17, 15) is 9.90 Å². The second-order valence-corrected chi connectivity index (χ2v) is 6.73. The Morgan fingerprint density at radius 1 is 1.40 bits per heavy atom. The number of hydrogen-bond donors (Lipinski definition) is 2. The molecule has 130 valence electrons. The molecule has 1 aliphatic rings. The van der Waals surface area contributed by atoms with Crippen LogP contribution in [0.3, 0.4) is 0 Å². The van der Waals surface area contributed by atoms with Crippen LogP contribution in [0.15, 0.2) is 43.0 Å². The standard InChI is InChI=1S/C18H21N5O2/c1-22-6-7-23-18(22)15(11-20-23)17(25)21-16(12-8-14(24)9-12)10-13-4-2-3-5-19-13/h2-7,11-12,14,16,24H,8-10H2,1H3,(H,21,25)/t12?,14?,16-/m0/s1. The van der Waals surface area contributed by atoms with E-state index in [-0.39, 0.29) is 24.0 Å². The van der Waals surface area contributed by atoms with Crippen molar-refractivity contribution in [1.29, 1.82) is 0 Å². The molecule has 0 radical (unpaired) electrons. The molecule has 7 nitrogen and oxygen atoms in total. The Hall–Kier alpha value is -2.67. The van der Waals surface area contributed by atoms with Crippen molar-refractivity contribution < 1.29 is 9.90 Å². The summed E-state index contributed by atoms with van der Waals surface area (Å²) in [5.74, 6) is 0.125. The number of aromatic nitrogens is 4. The van der Waals surface area contributed by atoms with Crippen molar-refractivity contribution in [3.8, 4) is 0 Å². The van der Waals surface area contributed by atoms with Crippen LogP contribution in [0.5, 0.6) is 0 Å². The van der Waals surface area contributed by atoms with Crippen LogP contribution in [0.1, 0.15) is 28.9 Å². The zero-order chi connectivity index (χ0) is 17.4. The third kappa shape index (κ3) is 3.02. The summed E-state index contributed by atoms with van der Waals surface area (Å²) in [6.45, 7) is 0. The molecular formula is C18H21N5O2. The number of nitrogens with one attached hydrogen (secondary N) is 1. The average Bonchev–Trinajstić information content (AvgIpc) is 3.16. The molecule has 25 heavy (non-hydrogen) atoms. The van der Waals surface area contributed by atoms with Gasteiger partial charge in [-0.2, -0.15) is 5.10 Å². The molecular weight excluding hydrogens is 318 g/mol. The smallest absolute Gasteiger partial charge is 0.256 e. The first-order valence-electron chi connectivity index (χ1n) is 8.49. The molecule has 7 heteroatoms. The Labute approximate surface area is 145 Å². The molecule has 0 saturated heterocycles. The highest BCUT2D eigenvalue weighted by molar-refractivity contribution is 6.00. The second-order valence-electron chi connectivity index (χ2n) is 6.73. The SMILES string of the molecule is Cn1ccn2ncc(C(=O)N[C@@H](Cc3ccccn3)C3CC(O)C3)c12. The van der Waals surface area contributed by atoms with E-state index in [2.05, 4.69) is 15.4 Å². The summed E-state index contributed by atoms with van der Waals surface area (Å²) in [6, 6.07) is 5.73. The number of aliphatic hydroxyl groups excluding tert-OH is 1. The summed E-state index contributed by atoms with van der Waals surface area (Å²) in [5.41, 5.74) is 2.26. The number of imidazole rings is 1. The predicted octanol–water partition coefficient (Wildman–Crippen LogP) is 1.18. The maximum atomic E-state index is 12.8. The Balaban J connectivity index is 1.55. The molecule has 1 aliphatic carbocycles. The first-order chi connectivity index (χ1) is 12.1. The van der Waals surface area contributed by atoms with Crippen molar-refractivity contribution in [2.75, 3.05) is 0 Å². The zero-order valence-electron chi connectivity index (χ0n) is 14.0. The molecule has 2 N–H and O–H groups in total. The molecule has 0 aliphatic heterocycles.